The van der Waals surface area contributed by atoms with E-state index in [1.165, 1.54) is 4.57 Å². The average molecular weight is 493 g/mol. The molecule has 0 radical (unpaired) electrons. The summed E-state index contributed by atoms with van der Waals surface area (Å²) in [6, 6.07) is 25.7. The Labute approximate surface area is 209 Å². The average Bonchev–Trinajstić information content (AvgIpc) is 3.34. The van der Waals surface area contributed by atoms with Crippen LogP contribution in [0.2, 0.25) is 5.02 Å². The first-order valence-corrected chi connectivity index (χ1v) is 11.4. The Bertz CT molecular complexity index is 1760. The summed E-state index contributed by atoms with van der Waals surface area (Å²) in [5.74, 6) is 0.630. The molecule has 0 spiro atoms. The van der Waals surface area contributed by atoms with Gasteiger partial charge in [-0.2, -0.15) is 4.68 Å². The molecule has 10 heteroatoms. The van der Waals surface area contributed by atoms with E-state index in [0.29, 0.717) is 27.9 Å². The fourth-order valence-electron chi connectivity index (χ4n) is 3.96. The lowest BCUT2D eigenvalue weighted by Crippen LogP contribution is -2.22. The fraction of sp³-hybridized carbons (Fsp3) is 0. The summed E-state index contributed by atoms with van der Waals surface area (Å²) < 4.78 is 3.07. The molecule has 174 valence electrons. The molecule has 3 aromatic carbocycles. The van der Waals surface area contributed by atoms with Crippen molar-refractivity contribution >= 4 is 28.7 Å². The lowest BCUT2D eigenvalue weighted by Gasteiger charge is -2.13. The monoisotopic (exact) mass is 492 g/mol. The number of halogens is 1. The van der Waals surface area contributed by atoms with Crippen molar-refractivity contribution in [3.63, 3.8) is 0 Å². The number of rotatable bonds is 4. The summed E-state index contributed by atoms with van der Waals surface area (Å²) in [7, 11) is 0. The first-order chi connectivity index (χ1) is 17.6. The Morgan fingerprint density at radius 3 is 2.22 bits per heavy atom. The van der Waals surface area contributed by atoms with Gasteiger partial charge in [0.2, 0.25) is 5.95 Å². The zero-order chi connectivity index (χ0) is 24.6. The van der Waals surface area contributed by atoms with E-state index in [4.69, 9.17) is 22.3 Å². The summed E-state index contributed by atoms with van der Waals surface area (Å²) in [5.41, 5.74) is 9.54. The second-order valence-corrected chi connectivity index (χ2v) is 8.38. The molecule has 0 atom stereocenters. The third kappa shape index (κ3) is 3.77. The highest BCUT2D eigenvalue weighted by Crippen LogP contribution is 2.26. The van der Waals surface area contributed by atoms with Crippen LogP contribution in [0.15, 0.2) is 95.9 Å². The Morgan fingerprint density at radius 2 is 1.50 bits per heavy atom. The van der Waals surface area contributed by atoms with Gasteiger partial charge in [-0.3, -0.25) is 9.36 Å². The zero-order valence-electron chi connectivity index (χ0n) is 18.7. The lowest BCUT2D eigenvalue weighted by atomic mass is 10.1. The predicted octanol–water partition coefficient (Wildman–Crippen LogP) is 4.33. The normalized spacial score (nSPS) is 11.1. The van der Waals surface area contributed by atoms with Crippen LogP contribution in [0.1, 0.15) is 0 Å². The maximum atomic E-state index is 13.7. The zero-order valence-corrected chi connectivity index (χ0v) is 19.4. The minimum Gasteiger partial charge on any atom is -0.368 e. The Morgan fingerprint density at radius 1 is 0.778 bits per heavy atom. The van der Waals surface area contributed by atoms with Crippen molar-refractivity contribution in [2.75, 3.05) is 5.73 Å². The quantitative estimate of drug-likeness (QED) is 0.389. The van der Waals surface area contributed by atoms with Crippen LogP contribution in [0, 0.1) is 0 Å². The van der Waals surface area contributed by atoms with Crippen molar-refractivity contribution in [1.29, 1.82) is 0 Å². The summed E-state index contributed by atoms with van der Waals surface area (Å²) in [5, 5.41) is 8.94. The minimum absolute atomic E-state index is 0.158. The van der Waals surface area contributed by atoms with Gasteiger partial charge in [-0.25, -0.2) is 15.0 Å². The van der Waals surface area contributed by atoms with Gasteiger partial charge in [-0.15, -0.1) is 5.10 Å². The highest BCUT2D eigenvalue weighted by Gasteiger charge is 2.20. The van der Waals surface area contributed by atoms with Gasteiger partial charge in [0.15, 0.2) is 11.2 Å². The SMILES string of the molecule is Nc1nccc(-c2ccc(-c3nc4c(nnn4-c4ccccc4)c(=O)n3-c3ccc(Cl)cc3)cc2)n1. The molecule has 0 fully saturated rings. The van der Waals surface area contributed by atoms with Gasteiger partial charge in [-0.1, -0.05) is 59.3 Å². The molecule has 0 amide bonds. The Kier molecular flexibility index (Phi) is 5.24. The van der Waals surface area contributed by atoms with Crippen molar-refractivity contribution < 1.29 is 0 Å². The van der Waals surface area contributed by atoms with Crippen LogP contribution in [-0.4, -0.2) is 34.5 Å². The molecule has 0 saturated carbocycles. The number of nitrogens with zero attached hydrogens (tertiary/aromatic N) is 7. The Balaban J connectivity index is 1.58. The number of nitrogen functional groups attached to an aromatic ring is 1. The van der Waals surface area contributed by atoms with Crippen LogP contribution in [0.4, 0.5) is 5.95 Å². The molecule has 0 unspecified atom stereocenters. The van der Waals surface area contributed by atoms with E-state index in [9.17, 15) is 4.79 Å². The van der Waals surface area contributed by atoms with Crippen molar-refractivity contribution in [3.8, 4) is 34.0 Å². The minimum atomic E-state index is -0.341. The second-order valence-electron chi connectivity index (χ2n) is 7.94. The van der Waals surface area contributed by atoms with Gasteiger partial charge in [0.1, 0.15) is 5.82 Å². The lowest BCUT2D eigenvalue weighted by molar-refractivity contribution is 0.817. The molecule has 9 nitrogen and oxygen atoms in total. The van der Waals surface area contributed by atoms with Gasteiger partial charge in [0.05, 0.1) is 17.1 Å². The topological polar surface area (TPSA) is 117 Å². The van der Waals surface area contributed by atoms with Gasteiger partial charge in [-0.05, 0) is 42.5 Å². The largest absolute Gasteiger partial charge is 0.368 e. The molecule has 2 N–H and O–H groups in total. The summed E-state index contributed by atoms with van der Waals surface area (Å²) in [6.45, 7) is 0. The molecule has 36 heavy (non-hydrogen) atoms. The molecule has 6 rings (SSSR count). The molecular weight excluding hydrogens is 476 g/mol. The fourth-order valence-corrected chi connectivity index (χ4v) is 4.09. The number of fused-ring (bicyclic) bond motifs is 1. The van der Waals surface area contributed by atoms with Gasteiger partial charge < -0.3 is 5.73 Å². The maximum absolute atomic E-state index is 13.7. The summed E-state index contributed by atoms with van der Waals surface area (Å²) in [6.07, 6.45) is 1.61. The predicted molar refractivity (Wildman–Crippen MR) is 138 cm³/mol. The molecule has 0 bridgehead atoms. The first kappa shape index (κ1) is 21.6. The molecule has 0 aliphatic carbocycles. The van der Waals surface area contributed by atoms with Crippen molar-refractivity contribution in [2.24, 2.45) is 0 Å². The Hall–Kier alpha value is -4.89. The van der Waals surface area contributed by atoms with E-state index in [1.807, 2.05) is 54.6 Å². The molecule has 6 aromatic rings. The number of para-hydroxylation sites is 1. The molecule has 0 aliphatic rings. The molecule has 3 aromatic heterocycles. The van der Waals surface area contributed by atoms with Crippen LogP contribution in [0.3, 0.4) is 0 Å². The van der Waals surface area contributed by atoms with E-state index in [1.54, 1.807) is 41.2 Å². The van der Waals surface area contributed by atoms with E-state index < -0.39 is 0 Å². The third-order valence-electron chi connectivity index (χ3n) is 5.67. The molecular formula is C26H17ClN8O. The highest BCUT2D eigenvalue weighted by atomic mass is 35.5. The van der Waals surface area contributed by atoms with Crippen molar-refractivity contribution in [1.82, 2.24) is 34.5 Å². The van der Waals surface area contributed by atoms with E-state index in [-0.39, 0.29) is 17.0 Å². The molecule has 3 heterocycles. The van der Waals surface area contributed by atoms with Crippen LogP contribution < -0.4 is 11.3 Å². The number of aromatic nitrogens is 7. The number of nitrogens with two attached hydrogens (primary N) is 1. The van der Waals surface area contributed by atoms with Crippen LogP contribution in [0.5, 0.6) is 0 Å². The van der Waals surface area contributed by atoms with Crippen molar-refractivity contribution in [3.05, 3.63) is 107 Å². The number of hydrogen-bond acceptors (Lipinski definition) is 7. The summed E-state index contributed by atoms with van der Waals surface area (Å²) >= 11 is 6.10. The van der Waals surface area contributed by atoms with Crippen LogP contribution in [-0.2, 0) is 0 Å². The van der Waals surface area contributed by atoms with Crippen molar-refractivity contribution in [2.45, 2.75) is 0 Å². The summed E-state index contributed by atoms with van der Waals surface area (Å²) in [4.78, 5) is 26.8. The van der Waals surface area contributed by atoms with Crippen LogP contribution >= 0.6 is 11.6 Å². The second kappa shape index (κ2) is 8.71. The highest BCUT2D eigenvalue weighted by molar-refractivity contribution is 6.30. The number of anilines is 1. The van der Waals surface area contributed by atoms with E-state index in [2.05, 4.69) is 20.3 Å². The van der Waals surface area contributed by atoms with Gasteiger partial charge >= 0.3 is 0 Å². The smallest absolute Gasteiger partial charge is 0.288 e. The van der Waals surface area contributed by atoms with E-state index >= 15 is 0 Å². The third-order valence-corrected chi connectivity index (χ3v) is 5.93. The number of benzene rings is 3. The number of hydrogen-bond donors (Lipinski definition) is 1. The van der Waals surface area contributed by atoms with Crippen LogP contribution in [0.25, 0.3) is 45.2 Å². The molecule has 0 saturated heterocycles. The standard InChI is InChI=1S/C26H17ClN8O/c27-18-10-12-19(13-11-18)34-23(17-8-6-16(7-9-17)21-14-15-29-26(28)30-21)31-24-22(25(34)36)32-33-35(24)20-4-2-1-3-5-20/h1-15H,(H2,28,29,30). The molecule has 0 aliphatic heterocycles. The first-order valence-electron chi connectivity index (χ1n) is 11.0. The maximum Gasteiger partial charge on any atom is 0.288 e. The van der Waals surface area contributed by atoms with Gasteiger partial charge in [0, 0.05) is 22.3 Å². The van der Waals surface area contributed by atoms with E-state index in [0.717, 1.165) is 16.8 Å². The van der Waals surface area contributed by atoms with Gasteiger partial charge in [0.25, 0.3) is 5.56 Å².